The topological polar surface area (TPSA) is 45.6 Å². The van der Waals surface area contributed by atoms with Crippen molar-refractivity contribution >= 4 is 22.2 Å². The molecule has 0 radical (unpaired) electrons. The van der Waals surface area contributed by atoms with Gasteiger partial charge in [0.2, 0.25) is 0 Å². The van der Waals surface area contributed by atoms with Gasteiger partial charge in [0.1, 0.15) is 5.75 Å². The van der Waals surface area contributed by atoms with Gasteiger partial charge in [0, 0.05) is 18.8 Å². The van der Waals surface area contributed by atoms with Crippen LogP contribution >= 0.6 is 11.3 Å². The van der Waals surface area contributed by atoms with Crippen LogP contribution in [0, 0.1) is 6.92 Å². The predicted molar refractivity (Wildman–Crippen MR) is 73.8 cm³/mol. The minimum absolute atomic E-state index is 0.0372. The van der Waals surface area contributed by atoms with Gasteiger partial charge in [-0.15, -0.1) is 0 Å². The molecular weight excluding hydrogens is 248 g/mol. The zero-order valence-corrected chi connectivity index (χ0v) is 11.5. The van der Waals surface area contributed by atoms with E-state index in [1.807, 2.05) is 43.1 Å². The zero-order chi connectivity index (χ0) is 13.1. The molecule has 2 rings (SSSR count). The van der Waals surface area contributed by atoms with Gasteiger partial charge in [-0.2, -0.15) is 0 Å². The van der Waals surface area contributed by atoms with Gasteiger partial charge in [0.25, 0.3) is 0 Å². The molecule has 1 heterocycles. The molecule has 0 saturated heterocycles. The fourth-order valence-electron chi connectivity index (χ4n) is 1.63. The van der Waals surface area contributed by atoms with Gasteiger partial charge in [-0.05, 0) is 19.1 Å². The van der Waals surface area contributed by atoms with Gasteiger partial charge in [-0.1, -0.05) is 17.4 Å². The van der Waals surface area contributed by atoms with Crippen LogP contribution in [0.5, 0.6) is 5.75 Å². The second-order valence-electron chi connectivity index (χ2n) is 3.92. The summed E-state index contributed by atoms with van der Waals surface area (Å²) in [5, 5.41) is 10.1. The van der Waals surface area contributed by atoms with Crippen LogP contribution in [-0.4, -0.2) is 24.2 Å². The molecule has 96 valence electrons. The lowest BCUT2D eigenvalue weighted by Gasteiger charge is -2.16. The number of ether oxygens (including phenoxy) is 1. The number of rotatable bonds is 4. The maximum atomic E-state index is 9.20. The molecule has 1 N–H and O–H groups in total. The van der Waals surface area contributed by atoms with E-state index in [-0.39, 0.29) is 6.61 Å². The van der Waals surface area contributed by atoms with Crippen molar-refractivity contribution in [1.29, 1.82) is 0 Å². The van der Waals surface area contributed by atoms with E-state index in [0.29, 0.717) is 0 Å². The highest BCUT2D eigenvalue weighted by atomic mass is 32.1. The van der Waals surface area contributed by atoms with E-state index in [1.165, 1.54) is 11.3 Å². The first kappa shape index (κ1) is 12.9. The maximum Gasteiger partial charge on any atom is 0.190 e. The number of thiazole rings is 1. The molecule has 0 aliphatic carbocycles. The number of nitrogens with zero attached hydrogens (tertiary/aromatic N) is 2. The molecule has 5 heteroatoms. The lowest BCUT2D eigenvalue weighted by atomic mass is 10.3. The summed E-state index contributed by atoms with van der Waals surface area (Å²) in [7, 11) is 3.60. The first-order valence-corrected chi connectivity index (χ1v) is 6.42. The Morgan fingerprint density at radius 1 is 1.44 bits per heavy atom. The highest BCUT2D eigenvalue weighted by molar-refractivity contribution is 7.15. The third kappa shape index (κ3) is 2.47. The smallest absolute Gasteiger partial charge is 0.190 e. The Morgan fingerprint density at radius 2 is 2.22 bits per heavy atom. The number of aliphatic hydroxyl groups excluding tert-OH is 1. The molecule has 0 aliphatic rings. The number of aromatic nitrogens is 1. The third-order valence-corrected chi connectivity index (χ3v) is 3.97. The van der Waals surface area contributed by atoms with E-state index in [1.54, 1.807) is 7.11 Å². The molecule has 0 atom stereocenters. The van der Waals surface area contributed by atoms with Gasteiger partial charge in [0.05, 0.1) is 24.3 Å². The van der Waals surface area contributed by atoms with Gasteiger partial charge < -0.3 is 14.7 Å². The SMILES string of the molecule is COc1cccc(N(C)c2nc(C)c(CO)s2)c1. The predicted octanol–water partition coefficient (Wildman–Crippen LogP) is 2.72. The number of aryl methyl sites for hydroxylation is 1. The highest BCUT2D eigenvalue weighted by Gasteiger charge is 2.12. The van der Waals surface area contributed by atoms with Crippen LogP contribution in [-0.2, 0) is 6.61 Å². The van der Waals surface area contributed by atoms with Gasteiger partial charge in [-0.25, -0.2) is 4.98 Å². The lowest BCUT2D eigenvalue weighted by Crippen LogP contribution is -2.08. The second-order valence-corrected chi connectivity index (χ2v) is 4.99. The Morgan fingerprint density at radius 3 is 2.83 bits per heavy atom. The summed E-state index contributed by atoms with van der Waals surface area (Å²) >= 11 is 1.50. The number of anilines is 2. The summed E-state index contributed by atoms with van der Waals surface area (Å²) in [6, 6.07) is 7.80. The van der Waals surface area contributed by atoms with Crippen LogP contribution in [0.4, 0.5) is 10.8 Å². The Bertz CT molecular complexity index is 540. The molecule has 0 fully saturated rings. The van der Waals surface area contributed by atoms with Gasteiger partial charge in [-0.3, -0.25) is 0 Å². The number of methoxy groups -OCH3 is 1. The summed E-state index contributed by atoms with van der Waals surface area (Å²) < 4.78 is 5.21. The molecule has 4 nitrogen and oxygen atoms in total. The van der Waals surface area contributed by atoms with Crippen molar-refractivity contribution in [1.82, 2.24) is 4.98 Å². The minimum Gasteiger partial charge on any atom is -0.497 e. The number of hydrogen-bond donors (Lipinski definition) is 1. The molecule has 18 heavy (non-hydrogen) atoms. The lowest BCUT2D eigenvalue weighted by molar-refractivity contribution is 0.284. The summed E-state index contributed by atoms with van der Waals surface area (Å²) in [4.78, 5) is 7.34. The quantitative estimate of drug-likeness (QED) is 0.922. The Labute approximate surface area is 110 Å². The Balaban J connectivity index is 2.31. The van der Waals surface area contributed by atoms with Crippen LogP contribution < -0.4 is 9.64 Å². The normalized spacial score (nSPS) is 10.4. The minimum atomic E-state index is 0.0372. The largest absolute Gasteiger partial charge is 0.497 e. The van der Waals surface area contributed by atoms with E-state index in [2.05, 4.69) is 4.98 Å². The molecule has 0 saturated carbocycles. The zero-order valence-electron chi connectivity index (χ0n) is 10.7. The molecule has 2 aromatic rings. The van der Waals surface area contributed by atoms with E-state index in [9.17, 15) is 5.11 Å². The fraction of sp³-hybridized carbons (Fsp3) is 0.308. The number of hydrogen-bond acceptors (Lipinski definition) is 5. The van der Waals surface area contributed by atoms with Crippen molar-refractivity contribution in [3.8, 4) is 5.75 Å². The Kier molecular flexibility index (Phi) is 3.84. The Hall–Kier alpha value is -1.59. The van der Waals surface area contributed by atoms with Crippen LogP contribution in [0.2, 0.25) is 0 Å². The molecule has 0 bridgehead atoms. The molecule has 0 amide bonds. The molecular formula is C13H16N2O2S. The fourth-order valence-corrected chi connectivity index (χ4v) is 2.54. The van der Waals surface area contributed by atoms with Crippen LogP contribution in [0.15, 0.2) is 24.3 Å². The van der Waals surface area contributed by atoms with Crippen molar-refractivity contribution < 1.29 is 9.84 Å². The first-order chi connectivity index (χ1) is 8.65. The van der Waals surface area contributed by atoms with E-state index >= 15 is 0 Å². The van der Waals surface area contributed by atoms with E-state index in [0.717, 1.165) is 27.1 Å². The standard InChI is InChI=1S/C13H16N2O2S/c1-9-12(8-16)18-13(14-9)15(2)10-5-4-6-11(7-10)17-3/h4-7,16H,8H2,1-3H3. The summed E-state index contributed by atoms with van der Waals surface area (Å²) in [6.07, 6.45) is 0. The molecule has 0 unspecified atom stereocenters. The monoisotopic (exact) mass is 264 g/mol. The van der Waals surface area contributed by atoms with Crippen molar-refractivity contribution in [2.45, 2.75) is 13.5 Å². The average Bonchev–Trinajstić information content (AvgIpc) is 2.79. The molecule has 0 aliphatic heterocycles. The van der Waals surface area contributed by atoms with Crippen LogP contribution in [0.1, 0.15) is 10.6 Å². The first-order valence-electron chi connectivity index (χ1n) is 5.60. The van der Waals surface area contributed by atoms with E-state index < -0.39 is 0 Å². The summed E-state index contributed by atoms with van der Waals surface area (Å²) in [5.41, 5.74) is 1.89. The van der Waals surface area contributed by atoms with Crippen LogP contribution in [0.3, 0.4) is 0 Å². The average molecular weight is 264 g/mol. The summed E-state index contributed by atoms with van der Waals surface area (Å²) in [6.45, 7) is 1.94. The van der Waals surface area contributed by atoms with Gasteiger partial charge >= 0.3 is 0 Å². The van der Waals surface area contributed by atoms with Crippen LogP contribution in [0.25, 0.3) is 0 Å². The molecule has 1 aromatic heterocycles. The second kappa shape index (κ2) is 5.37. The highest BCUT2D eigenvalue weighted by Crippen LogP contribution is 2.31. The van der Waals surface area contributed by atoms with Crippen molar-refractivity contribution in [3.63, 3.8) is 0 Å². The number of benzene rings is 1. The van der Waals surface area contributed by atoms with Gasteiger partial charge in [0.15, 0.2) is 5.13 Å². The maximum absolute atomic E-state index is 9.20. The summed E-state index contributed by atoms with van der Waals surface area (Å²) in [5.74, 6) is 0.815. The molecule has 1 aromatic carbocycles. The third-order valence-electron chi connectivity index (χ3n) is 2.75. The van der Waals surface area contributed by atoms with Crippen molar-refractivity contribution in [2.24, 2.45) is 0 Å². The van der Waals surface area contributed by atoms with E-state index in [4.69, 9.17) is 4.74 Å². The van der Waals surface area contributed by atoms with Crippen molar-refractivity contribution in [2.75, 3.05) is 19.1 Å². The number of aliphatic hydroxyl groups is 1. The van der Waals surface area contributed by atoms with Crippen molar-refractivity contribution in [3.05, 3.63) is 34.8 Å². The molecule has 0 spiro atoms.